The molecule has 0 aliphatic heterocycles. The van der Waals surface area contributed by atoms with Crippen LogP contribution in [0.15, 0.2) is 55.0 Å². The topological polar surface area (TPSA) is 100 Å². The standard InChI is InChI=1S/C23H20N8/c1-30-13-26-21(29-30)18-9-10-19-23(27-18)31(16-8-7-14-4-2-5-15(14)12-16)22(28-19)17-6-3-11-25-20(17)24/h3,6-13H,2,4-5H2,1H3,(H2,24,25). The molecule has 0 amide bonds. The molecule has 0 saturated carbocycles. The SMILES string of the molecule is Cn1cnc(-c2ccc3nc(-c4cccnc4N)n(-c4ccc5c(c4)CCC5)c3n2)n1. The minimum atomic E-state index is 0.437. The van der Waals surface area contributed by atoms with E-state index in [1.807, 2.05) is 31.3 Å². The molecule has 8 nitrogen and oxygen atoms in total. The zero-order valence-corrected chi connectivity index (χ0v) is 17.0. The maximum Gasteiger partial charge on any atom is 0.199 e. The lowest BCUT2D eigenvalue weighted by Gasteiger charge is -2.12. The van der Waals surface area contributed by atoms with Crippen LogP contribution in [-0.4, -0.2) is 34.3 Å². The van der Waals surface area contributed by atoms with Crippen molar-refractivity contribution in [2.24, 2.45) is 7.05 Å². The van der Waals surface area contributed by atoms with E-state index in [4.69, 9.17) is 15.7 Å². The van der Waals surface area contributed by atoms with E-state index in [0.717, 1.165) is 41.1 Å². The van der Waals surface area contributed by atoms with Crippen molar-refractivity contribution in [2.75, 3.05) is 5.73 Å². The highest BCUT2D eigenvalue weighted by Gasteiger charge is 2.20. The molecule has 0 atom stereocenters. The Morgan fingerprint density at radius 1 is 0.968 bits per heavy atom. The van der Waals surface area contributed by atoms with Crippen molar-refractivity contribution in [1.29, 1.82) is 0 Å². The van der Waals surface area contributed by atoms with Crippen LogP contribution in [0.5, 0.6) is 0 Å². The van der Waals surface area contributed by atoms with Crippen molar-refractivity contribution in [1.82, 2.24) is 34.3 Å². The van der Waals surface area contributed by atoms with Crippen LogP contribution < -0.4 is 5.73 Å². The van der Waals surface area contributed by atoms with E-state index >= 15 is 0 Å². The third kappa shape index (κ3) is 2.87. The summed E-state index contributed by atoms with van der Waals surface area (Å²) >= 11 is 0. The molecule has 0 spiro atoms. The molecule has 1 aromatic carbocycles. The number of aryl methyl sites for hydroxylation is 3. The minimum Gasteiger partial charge on any atom is -0.383 e. The van der Waals surface area contributed by atoms with E-state index in [1.165, 1.54) is 17.5 Å². The molecular formula is C23H20N8. The molecule has 5 aromatic rings. The predicted molar refractivity (Wildman–Crippen MR) is 119 cm³/mol. The number of rotatable bonds is 3. The van der Waals surface area contributed by atoms with E-state index in [9.17, 15) is 0 Å². The van der Waals surface area contributed by atoms with Gasteiger partial charge in [-0.3, -0.25) is 9.25 Å². The maximum absolute atomic E-state index is 6.23. The third-order valence-corrected chi connectivity index (χ3v) is 5.75. The second kappa shape index (κ2) is 6.73. The minimum absolute atomic E-state index is 0.437. The number of imidazole rings is 1. The highest BCUT2D eigenvalue weighted by molar-refractivity contribution is 5.84. The molecule has 4 heterocycles. The number of aromatic nitrogens is 7. The Morgan fingerprint density at radius 2 is 1.87 bits per heavy atom. The zero-order valence-electron chi connectivity index (χ0n) is 17.0. The molecule has 1 aliphatic carbocycles. The summed E-state index contributed by atoms with van der Waals surface area (Å²) in [5.74, 6) is 1.73. The molecule has 31 heavy (non-hydrogen) atoms. The summed E-state index contributed by atoms with van der Waals surface area (Å²) in [6.45, 7) is 0. The van der Waals surface area contributed by atoms with Gasteiger partial charge in [-0.2, -0.15) is 0 Å². The molecule has 152 valence electrons. The van der Waals surface area contributed by atoms with E-state index in [2.05, 4.69) is 37.8 Å². The van der Waals surface area contributed by atoms with E-state index in [0.29, 0.717) is 17.3 Å². The van der Waals surface area contributed by atoms with Crippen molar-refractivity contribution in [3.05, 3.63) is 66.1 Å². The number of hydrogen-bond acceptors (Lipinski definition) is 6. The van der Waals surface area contributed by atoms with Gasteiger partial charge in [0.25, 0.3) is 0 Å². The average Bonchev–Trinajstić information content (AvgIpc) is 3.50. The van der Waals surface area contributed by atoms with Crippen molar-refractivity contribution >= 4 is 17.0 Å². The Hall–Kier alpha value is -4.07. The maximum atomic E-state index is 6.23. The van der Waals surface area contributed by atoms with Crippen LogP contribution in [0.1, 0.15) is 17.5 Å². The van der Waals surface area contributed by atoms with Crippen LogP contribution in [-0.2, 0) is 19.9 Å². The lowest BCUT2D eigenvalue weighted by Crippen LogP contribution is -2.03. The summed E-state index contributed by atoms with van der Waals surface area (Å²) in [6, 6.07) is 14.2. The van der Waals surface area contributed by atoms with Crippen molar-refractivity contribution in [3.63, 3.8) is 0 Å². The number of nitrogen functional groups attached to an aromatic ring is 1. The summed E-state index contributed by atoms with van der Waals surface area (Å²) in [5, 5.41) is 4.40. The first-order valence-corrected chi connectivity index (χ1v) is 10.3. The Labute approximate surface area is 178 Å². The van der Waals surface area contributed by atoms with Gasteiger partial charge in [-0.25, -0.2) is 19.9 Å². The summed E-state index contributed by atoms with van der Waals surface area (Å²) < 4.78 is 3.73. The molecule has 0 saturated heterocycles. The summed E-state index contributed by atoms with van der Waals surface area (Å²) in [7, 11) is 1.84. The highest BCUT2D eigenvalue weighted by atomic mass is 15.3. The van der Waals surface area contributed by atoms with E-state index in [-0.39, 0.29) is 0 Å². The number of anilines is 1. The second-order valence-electron chi connectivity index (χ2n) is 7.79. The van der Waals surface area contributed by atoms with Gasteiger partial charge in [0.1, 0.15) is 23.4 Å². The van der Waals surface area contributed by atoms with Crippen LogP contribution in [0.3, 0.4) is 0 Å². The second-order valence-corrected chi connectivity index (χ2v) is 7.79. The van der Waals surface area contributed by atoms with Crippen LogP contribution in [0.2, 0.25) is 0 Å². The number of hydrogen-bond donors (Lipinski definition) is 1. The first-order valence-electron chi connectivity index (χ1n) is 10.3. The first-order chi connectivity index (χ1) is 15.2. The molecule has 1 aliphatic rings. The number of nitrogens with two attached hydrogens (primary N) is 1. The molecule has 8 heteroatoms. The molecule has 4 aromatic heterocycles. The van der Waals surface area contributed by atoms with Gasteiger partial charge in [0.05, 0.1) is 5.56 Å². The fraction of sp³-hybridized carbons (Fsp3) is 0.174. The first kappa shape index (κ1) is 17.8. The molecule has 0 fully saturated rings. The third-order valence-electron chi connectivity index (χ3n) is 5.75. The zero-order chi connectivity index (χ0) is 20.9. The van der Waals surface area contributed by atoms with Gasteiger partial charge in [-0.15, -0.1) is 5.10 Å². The summed E-state index contributed by atoms with van der Waals surface area (Å²) in [4.78, 5) is 18.4. The van der Waals surface area contributed by atoms with Crippen LogP contribution in [0, 0.1) is 0 Å². The quantitative estimate of drug-likeness (QED) is 0.491. The average molecular weight is 408 g/mol. The monoisotopic (exact) mass is 408 g/mol. The molecular weight excluding hydrogens is 388 g/mol. The Kier molecular flexibility index (Phi) is 3.86. The fourth-order valence-corrected chi connectivity index (χ4v) is 4.27. The number of nitrogens with zero attached hydrogens (tertiary/aromatic N) is 7. The highest BCUT2D eigenvalue weighted by Crippen LogP contribution is 2.33. The summed E-state index contributed by atoms with van der Waals surface area (Å²) in [5.41, 5.74) is 13.0. The van der Waals surface area contributed by atoms with Gasteiger partial charge in [-0.1, -0.05) is 6.07 Å². The Bertz CT molecular complexity index is 1450. The molecule has 0 radical (unpaired) electrons. The number of benzene rings is 1. The fourth-order valence-electron chi connectivity index (χ4n) is 4.27. The van der Waals surface area contributed by atoms with Crippen LogP contribution in [0.4, 0.5) is 5.82 Å². The predicted octanol–water partition coefficient (Wildman–Crippen LogP) is 3.35. The van der Waals surface area contributed by atoms with Crippen molar-refractivity contribution in [2.45, 2.75) is 19.3 Å². The van der Waals surface area contributed by atoms with Crippen molar-refractivity contribution < 1.29 is 0 Å². The van der Waals surface area contributed by atoms with E-state index < -0.39 is 0 Å². The van der Waals surface area contributed by atoms with Gasteiger partial charge >= 0.3 is 0 Å². The Morgan fingerprint density at radius 3 is 2.71 bits per heavy atom. The van der Waals surface area contributed by atoms with Crippen molar-refractivity contribution in [3.8, 4) is 28.6 Å². The van der Waals surface area contributed by atoms with Gasteiger partial charge in [0.2, 0.25) is 0 Å². The number of fused-ring (bicyclic) bond motifs is 2. The number of pyridine rings is 2. The van der Waals surface area contributed by atoms with Gasteiger partial charge in [0.15, 0.2) is 17.3 Å². The Balaban J connectivity index is 1.64. The molecule has 6 rings (SSSR count). The van der Waals surface area contributed by atoms with E-state index in [1.54, 1.807) is 17.2 Å². The normalized spacial score (nSPS) is 13.1. The van der Waals surface area contributed by atoms with Gasteiger partial charge in [0, 0.05) is 18.9 Å². The van der Waals surface area contributed by atoms with Crippen LogP contribution >= 0.6 is 0 Å². The van der Waals surface area contributed by atoms with Gasteiger partial charge < -0.3 is 5.73 Å². The molecule has 2 N–H and O–H groups in total. The van der Waals surface area contributed by atoms with Crippen LogP contribution in [0.25, 0.3) is 39.8 Å². The van der Waals surface area contributed by atoms with Gasteiger partial charge in [-0.05, 0) is 66.8 Å². The lowest BCUT2D eigenvalue weighted by atomic mass is 10.1. The lowest BCUT2D eigenvalue weighted by molar-refractivity contribution is 0.767. The molecule has 0 unspecified atom stereocenters. The smallest absolute Gasteiger partial charge is 0.199 e. The largest absolute Gasteiger partial charge is 0.383 e. The summed E-state index contributed by atoms with van der Waals surface area (Å²) in [6.07, 6.45) is 6.78. The molecule has 0 bridgehead atoms.